The number of Topliss-reactive ketones (excluding diaryl/α,β-unsaturated/α-hetero) is 1. The number of nitrogens with two attached hydrogens (primary N) is 1. The lowest BCUT2D eigenvalue weighted by molar-refractivity contribution is 0.0909. The molecule has 1 aliphatic carbocycles. The second-order valence-electron chi connectivity index (χ2n) is 10.9. The first-order valence-corrected chi connectivity index (χ1v) is 14.5. The SMILES string of the molecule is CS(=O)(=O)O.Cc1nn(-c2ccc(C(N)=O)c(Nc3cccc(OCCN(C)C)c3)c2)c2c1C(=O)CC(C)(C)C2. The number of carbonyl (C=O) groups is 2. The summed E-state index contributed by atoms with van der Waals surface area (Å²) in [5.41, 5.74) is 10.3. The van der Waals surface area contributed by atoms with Crippen LogP contribution in [0, 0.1) is 12.3 Å². The highest BCUT2D eigenvalue weighted by Crippen LogP contribution is 2.37. The maximum absolute atomic E-state index is 12.8. The molecule has 3 aromatic rings. The summed E-state index contributed by atoms with van der Waals surface area (Å²) in [5, 5.41) is 8.01. The van der Waals surface area contributed by atoms with Gasteiger partial charge in [0.15, 0.2) is 5.78 Å². The third kappa shape index (κ3) is 8.38. The van der Waals surface area contributed by atoms with Gasteiger partial charge in [-0.05, 0) is 63.2 Å². The number of carbonyl (C=O) groups excluding carboxylic acids is 2. The molecule has 0 radical (unpaired) electrons. The van der Waals surface area contributed by atoms with Crippen molar-refractivity contribution in [1.82, 2.24) is 14.7 Å². The van der Waals surface area contributed by atoms with Crippen LogP contribution in [-0.2, 0) is 16.5 Å². The van der Waals surface area contributed by atoms with E-state index in [1.807, 2.05) is 62.1 Å². The van der Waals surface area contributed by atoms with Crippen molar-refractivity contribution < 1.29 is 27.3 Å². The summed E-state index contributed by atoms with van der Waals surface area (Å²) in [6.07, 6.45) is 1.96. The number of rotatable bonds is 8. The van der Waals surface area contributed by atoms with Crippen molar-refractivity contribution in [2.24, 2.45) is 11.1 Å². The fourth-order valence-corrected chi connectivity index (χ4v) is 4.50. The number of nitrogens with one attached hydrogen (secondary N) is 1. The number of ketones is 1. The van der Waals surface area contributed by atoms with Gasteiger partial charge in [-0.15, -0.1) is 0 Å². The van der Waals surface area contributed by atoms with Crippen molar-refractivity contribution in [2.75, 3.05) is 38.8 Å². The number of anilines is 2. The van der Waals surface area contributed by atoms with Crippen LogP contribution in [0.1, 0.15) is 52.4 Å². The summed E-state index contributed by atoms with van der Waals surface area (Å²) in [6, 6.07) is 12.9. The first-order chi connectivity index (χ1) is 18.5. The Morgan fingerprint density at radius 2 is 1.88 bits per heavy atom. The molecule has 12 heteroatoms. The first-order valence-electron chi connectivity index (χ1n) is 12.7. The highest BCUT2D eigenvalue weighted by atomic mass is 32.2. The monoisotopic (exact) mass is 571 g/mol. The number of ether oxygens (including phenoxy) is 1. The summed E-state index contributed by atoms with van der Waals surface area (Å²) in [5.74, 6) is 0.316. The van der Waals surface area contributed by atoms with E-state index in [1.165, 1.54) is 0 Å². The van der Waals surface area contributed by atoms with Crippen LogP contribution in [0.5, 0.6) is 5.75 Å². The van der Waals surface area contributed by atoms with Gasteiger partial charge in [-0.25, -0.2) is 4.68 Å². The maximum atomic E-state index is 12.8. The smallest absolute Gasteiger partial charge is 0.261 e. The molecule has 0 spiro atoms. The molecule has 0 saturated carbocycles. The van der Waals surface area contributed by atoms with E-state index in [9.17, 15) is 18.0 Å². The van der Waals surface area contributed by atoms with Crippen LogP contribution in [0.3, 0.4) is 0 Å². The Kier molecular flexibility index (Phi) is 9.39. The summed E-state index contributed by atoms with van der Waals surface area (Å²) < 4.78 is 33.5. The predicted octanol–water partition coefficient (Wildman–Crippen LogP) is 3.62. The number of amides is 1. The van der Waals surface area contributed by atoms with Gasteiger partial charge in [0.25, 0.3) is 16.0 Å². The third-order valence-corrected chi connectivity index (χ3v) is 6.15. The van der Waals surface area contributed by atoms with Gasteiger partial charge in [0.1, 0.15) is 12.4 Å². The number of hydrogen-bond acceptors (Lipinski definition) is 8. The molecule has 4 rings (SSSR count). The van der Waals surface area contributed by atoms with Crippen molar-refractivity contribution in [1.29, 1.82) is 0 Å². The number of likely N-dealkylation sites (N-methyl/N-ethyl adjacent to an activating group) is 1. The first kappa shape index (κ1) is 30.8. The van der Waals surface area contributed by atoms with Crippen molar-refractivity contribution in [2.45, 2.75) is 33.6 Å². The molecule has 1 aliphatic rings. The molecule has 0 aliphatic heterocycles. The number of aromatic nitrogens is 2. The zero-order valence-electron chi connectivity index (χ0n) is 23.7. The van der Waals surface area contributed by atoms with Crippen LogP contribution in [-0.4, -0.2) is 72.8 Å². The molecule has 11 nitrogen and oxygen atoms in total. The number of fused-ring (bicyclic) bond motifs is 1. The lowest BCUT2D eigenvalue weighted by Gasteiger charge is -2.29. The van der Waals surface area contributed by atoms with Crippen LogP contribution in [0.25, 0.3) is 5.69 Å². The highest BCUT2D eigenvalue weighted by molar-refractivity contribution is 7.85. The fourth-order valence-electron chi connectivity index (χ4n) is 4.50. The van der Waals surface area contributed by atoms with Crippen LogP contribution < -0.4 is 15.8 Å². The number of benzene rings is 2. The molecule has 0 saturated heterocycles. The highest BCUT2D eigenvalue weighted by Gasteiger charge is 2.35. The van der Waals surface area contributed by atoms with E-state index in [-0.39, 0.29) is 11.2 Å². The Bertz CT molecular complexity index is 1500. The van der Waals surface area contributed by atoms with Gasteiger partial charge in [0.05, 0.1) is 40.1 Å². The van der Waals surface area contributed by atoms with E-state index in [0.29, 0.717) is 36.1 Å². The summed E-state index contributed by atoms with van der Waals surface area (Å²) in [6.45, 7) is 7.43. The molecule has 0 fully saturated rings. The molecule has 1 heterocycles. The Balaban J connectivity index is 0.000000810. The normalized spacial score (nSPS) is 14.2. The molecule has 40 heavy (non-hydrogen) atoms. The quantitative estimate of drug-likeness (QED) is 0.344. The van der Waals surface area contributed by atoms with Gasteiger partial charge >= 0.3 is 0 Å². The van der Waals surface area contributed by atoms with E-state index < -0.39 is 16.0 Å². The Morgan fingerprint density at radius 1 is 1.20 bits per heavy atom. The summed E-state index contributed by atoms with van der Waals surface area (Å²) in [4.78, 5) is 27.1. The molecule has 216 valence electrons. The zero-order chi connectivity index (χ0) is 29.8. The van der Waals surface area contributed by atoms with E-state index in [4.69, 9.17) is 20.1 Å². The Labute approximate surface area is 235 Å². The second kappa shape index (κ2) is 12.2. The van der Waals surface area contributed by atoms with E-state index in [1.54, 1.807) is 6.07 Å². The molecule has 0 unspecified atom stereocenters. The molecule has 4 N–H and O–H groups in total. The average molecular weight is 572 g/mol. The van der Waals surface area contributed by atoms with Gasteiger partial charge < -0.3 is 20.7 Å². The average Bonchev–Trinajstić information content (AvgIpc) is 3.13. The standard InChI is InChI=1S/C27H33N5O3.CH4O3S/c1-17-25-23(15-27(2,3)16-24(25)33)32(30-17)19-9-10-21(26(28)34)22(14-19)29-18-7-6-8-20(13-18)35-12-11-31(4)5;1-5(2,3)4/h6-10,13-14,29H,11-12,15-16H2,1-5H3,(H2,28,34);1H3,(H,2,3,4). The van der Waals surface area contributed by atoms with E-state index in [0.717, 1.165) is 41.5 Å². The van der Waals surface area contributed by atoms with Crippen molar-refractivity contribution in [3.8, 4) is 11.4 Å². The molecule has 2 aromatic carbocycles. The van der Waals surface area contributed by atoms with Crippen LogP contribution in [0.15, 0.2) is 42.5 Å². The molecule has 0 atom stereocenters. The third-order valence-electron chi connectivity index (χ3n) is 6.15. The molecule has 1 aromatic heterocycles. The number of aryl methyl sites for hydroxylation is 1. The fraction of sp³-hybridized carbons (Fsp3) is 0.393. The Hall–Kier alpha value is -3.74. The second-order valence-corrected chi connectivity index (χ2v) is 12.4. The van der Waals surface area contributed by atoms with Crippen LogP contribution >= 0.6 is 0 Å². The van der Waals surface area contributed by atoms with Crippen LogP contribution in [0.4, 0.5) is 11.4 Å². The minimum atomic E-state index is -3.67. The van der Waals surface area contributed by atoms with Crippen LogP contribution in [0.2, 0.25) is 0 Å². The van der Waals surface area contributed by atoms with Gasteiger partial charge in [-0.3, -0.25) is 14.1 Å². The van der Waals surface area contributed by atoms with Crippen molar-refractivity contribution >= 4 is 33.2 Å². The lowest BCUT2D eigenvalue weighted by Crippen LogP contribution is -2.28. The minimum Gasteiger partial charge on any atom is -0.492 e. The molecule has 1 amide bonds. The number of hydrogen-bond donors (Lipinski definition) is 3. The number of primary amides is 1. The maximum Gasteiger partial charge on any atom is 0.261 e. The minimum absolute atomic E-state index is 0.123. The van der Waals surface area contributed by atoms with Gasteiger partial charge in [0, 0.05) is 24.7 Å². The lowest BCUT2D eigenvalue weighted by atomic mass is 9.75. The number of nitrogens with zero attached hydrogens (tertiary/aromatic N) is 3. The summed E-state index contributed by atoms with van der Waals surface area (Å²) in [7, 11) is 0.323. The van der Waals surface area contributed by atoms with E-state index >= 15 is 0 Å². The van der Waals surface area contributed by atoms with Crippen molar-refractivity contribution in [3.05, 3.63) is 65.0 Å². The molecular formula is C28H37N5O6S. The summed E-state index contributed by atoms with van der Waals surface area (Å²) >= 11 is 0. The largest absolute Gasteiger partial charge is 0.492 e. The van der Waals surface area contributed by atoms with Crippen molar-refractivity contribution in [3.63, 3.8) is 0 Å². The predicted molar refractivity (Wildman–Crippen MR) is 154 cm³/mol. The zero-order valence-corrected chi connectivity index (χ0v) is 24.5. The van der Waals surface area contributed by atoms with Gasteiger partial charge in [-0.2, -0.15) is 13.5 Å². The molecule has 0 bridgehead atoms. The van der Waals surface area contributed by atoms with Gasteiger partial charge in [0.2, 0.25) is 0 Å². The van der Waals surface area contributed by atoms with E-state index in [2.05, 4.69) is 24.1 Å². The topological polar surface area (TPSA) is 157 Å². The Morgan fingerprint density at radius 3 is 2.50 bits per heavy atom. The van der Waals surface area contributed by atoms with Gasteiger partial charge in [-0.1, -0.05) is 19.9 Å². The molecular weight excluding hydrogens is 534 g/mol.